The SMILES string of the molecule is C=CCC(NC(=O)C=C)C1CCC2(CC1)OCCO2. The zero-order valence-corrected chi connectivity index (χ0v) is 11.4. The number of hydrogen-bond donors (Lipinski definition) is 1. The molecule has 0 bridgehead atoms. The molecule has 1 N–H and O–H groups in total. The summed E-state index contributed by atoms with van der Waals surface area (Å²) in [5, 5.41) is 3.01. The number of amides is 1. The molecule has 1 spiro atoms. The molecule has 1 aliphatic carbocycles. The van der Waals surface area contributed by atoms with E-state index < -0.39 is 0 Å². The van der Waals surface area contributed by atoms with Crippen LogP contribution in [0.3, 0.4) is 0 Å². The van der Waals surface area contributed by atoms with Crippen LogP contribution in [0, 0.1) is 5.92 Å². The lowest BCUT2D eigenvalue weighted by Crippen LogP contribution is -2.44. The van der Waals surface area contributed by atoms with Gasteiger partial charge >= 0.3 is 0 Å². The number of hydrogen-bond acceptors (Lipinski definition) is 3. The minimum absolute atomic E-state index is 0.111. The van der Waals surface area contributed by atoms with E-state index in [1.807, 2.05) is 6.08 Å². The molecule has 0 aromatic carbocycles. The standard InChI is InChI=1S/C15H23NO3/c1-3-5-13(16-14(17)4-2)12-6-8-15(9-7-12)18-10-11-19-15/h3-4,12-13H,1-2,5-11H2,(H,16,17). The third-order valence-electron chi connectivity index (χ3n) is 4.11. The van der Waals surface area contributed by atoms with Crippen molar-refractivity contribution in [1.82, 2.24) is 5.32 Å². The van der Waals surface area contributed by atoms with E-state index in [0.717, 1.165) is 32.1 Å². The van der Waals surface area contributed by atoms with Crippen molar-refractivity contribution in [3.63, 3.8) is 0 Å². The third-order valence-corrected chi connectivity index (χ3v) is 4.11. The molecule has 2 fully saturated rings. The van der Waals surface area contributed by atoms with Crippen LogP contribution in [0.1, 0.15) is 32.1 Å². The third kappa shape index (κ3) is 3.45. The topological polar surface area (TPSA) is 47.6 Å². The maximum Gasteiger partial charge on any atom is 0.243 e. The summed E-state index contributed by atoms with van der Waals surface area (Å²) in [6.45, 7) is 8.68. The summed E-state index contributed by atoms with van der Waals surface area (Å²) in [5.41, 5.74) is 0. The Balaban J connectivity index is 1.90. The van der Waals surface area contributed by atoms with Crippen molar-refractivity contribution in [3.8, 4) is 0 Å². The number of rotatable bonds is 5. The van der Waals surface area contributed by atoms with Crippen molar-refractivity contribution in [3.05, 3.63) is 25.3 Å². The minimum atomic E-state index is -0.336. The van der Waals surface area contributed by atoms with E-state index in [1.165, 1.54) is 6.08 Å². The van der Waals surface area contributed by atoms with Gasteiger partial charge in [-0.05, 0) is 31.3 Å². The largest absolute Gasteiger partial charge is 0.349 e. The number of nitrogens with one attached hydrogen (secondary N) is 1. The Hall–Kier alpha value is -1.13. The molecule has 0 aromatic rings. The fourth-order valence-corrected chi connectivity index (χ4v) is 3.06. The van der Waals surface area contributed by atoms with Crippen LogP contribution in [0.2, 0.25) is 0 Å². The molecule has 4 heteroatoms. The molecule has 19 heavy (non-hydrogen) atoms. The first kappa shape index (κ1) is 14.3. The lowest BCUT2D eigenvalue weighted by Gasteiger charge is -2.38. The van der Waals surface area contributed by atoms with Gasteiger partial charge in [0, 0.05) is 18.9 Å². The van der Waals surface area contributed by atoms with Crippen molar-refractivity contribution in [1.29, 1.82) is 0 Å². The first-order chi connectivity index (χ1) is 9.19. The van der Waals surface area contributed by atoms with Crippen molar-refractivity contribution in [2.45, 2.75) is 43.9 Å². The van der Waals surface area contributed by atoms with Gasteiger partial charge in [0.15, 0.2) is 5.79 Å². The normalized spacial score (nSPS) is 24.0. The summed E-state index contributed by atoms with van der Waals surface area (Å²) in [7, 11) is 0. The molecule has 0 aromatic heterocycles. The van der Waals surface area contributed by atoms with Gasteiger partial charge in [-0.25, -0.2) is 0 Å². The van der Waals surface area contributed by atoms with E-state index in [-0.39, 0.29) is 17.7 Å². The van der Waals surface area contributed by atoms with Gasteiger partial charge in [-0.3, -0.25) is 4.79 Å². The predicted molar refractivity (Wildman–Crippen MR) is 73.5 cm³/mol. The number of ether oxygens (including phenoxy) is 2. The van der Waals surface area contributed by atoms with E-state index in [0.29, 0.717) is 19.1 Å². The van der Waals surface area contributed by atoms with Crippen LogP contribution in [-0.4, -0.2) is 30.9 Å². The summed E-state index contributed by atoms with van der Waals surface area (Å²) in [4.78, 5) is 11.5. The molecule has 1 saturated heterocycles. The van der Waals surface area contributed by atoms with Gasteiger partial charge in [0.25, 0.3) is 0 Å². The molecule has 0 radical (unpaired) electrons. The van der Waals surface area contributed by atoms with Gasteiger partial charge in [-0.15, -0.1) is 6.58 Å². The second kappa shape index (κ2) is 6.35. The monoisotopic (exact) mass is 265 g/mol. The van der Waals surface area contributed by atoms with Crippen molar-refractivity contribution < 1.29 is 14.3 Å². The molecular formula is C15H23NO3. The van der Waals surface area contributed by atoms with E-state index in [9.17, 15) is 4.79 Å². The van der Waals surface area contributed by atoms with Gasteiger partial charge in [-0.2, -0.15) is 0 Å². The van der Waals surface area contributed by atoms with Crippen LogP contribution in [0.25, 0.3) is 0 Å². The molecule has 1 saturated carbocycles. The Kier molecular flexibility index (Phi) is 4.77. The average Bonchev–Trinajstić information content (AvgIpc) is 2.87. The quantitative estimate of drug-likeness (QED) is 0.612. The zero-order chi connectivity index (χ0) is 13.7. The molecule has 2 rings (SSSR count). The zero-order valence-electron chi connectivity index (χ0n) is 11.4. The molecule has 1 heterocycles. The highest BCUT2D eigenvalue weighted by molar-refractivity contribution is 5.87. The smallest absolute Gasteiger partial charge is 0.243 e. The minimum Gasteiger partial charge on any atom is -0.349 e. The fourth-order valence-electron chi connectivity index (χ4n) is 3.06. The van der Waals surface area contributed by atoms with Gasteiger partial charge < -0.3 is 14.8 Å². The Morgan fingerprint density at radius 3 is 2.47 bits per heavy atom. The van der Waals surface area contributed by atoms with Gasteiger partial charge in [0.1, 0.15) is 0 Å². The second-order valence-corrected chi connectivity index (χ2v) is 5.29. The van der Waals surface area contributed by atoms with Crippen LogP contribution in [-0.2, 0) is 14.3 Å². The maximum atomic E-state index is 11.5. The fraction of sp³-hybridized carbons (Fsp3) is 0.667. The van der Waals surface area contributed by atoms with Crippen LogP contribution in [0.5, 0.6) is 0 Å². The molecular weight excluding hydrogens is 242 g/mol. The first-order valence-electron chi connectivity index (χ1n) is 7.01. The summed E-state index contributed by atoms with van der Waals surface area (Å²) in [6.07, 6.45) is 7.82. The van der Waals surface area contributed by atoms with Crippen LogP contribution < -0.4 is 5.32 Å². The second-order valence-electron chi connectivity index (χ2n) is 5.29. The summed E-state index contributed by atoms with van der Waals surface area (Å²) in [5.74, 6) is 0.0123. The average molecular weight is 265 g/mol. The lowest BCUT2D eigenvalue weighted by molar-refractivity contribution is -0.183. The Labute approximate surface area is 114 Å². The van der Waals surface area contributed by atoms with Crippen LogP contribution >= 0.6 is 0 Å². The van der Waals surface area contributed by atoms with Crippen molar-refractivity contribution >= 4 is 5.91 Å². The summed E-state index contributed by atoms with van der Waals surface area (Å²) < 4.78 is 11.5. The first-order valence-corrected chi connectivity index (χ1v) is 7.01. The Morgan fingerprint density at radius 1 is 1.32 bits per heavy atom. The van der Waals surface area contributed by atoms with Gasteiger partial charge in [-0.1, -0.05) is 12.7 Å². The van der Waals surface area contributed by atoms with Crippen molar-refractivity contribution in [2.75, 3.05) is 13.2 Å². The molecule has 4 nitrogen and oxygen atoms in total. The number of carbonyl (C=O) groups is 1. The van der Waals surface area contributed by atoms with E-state index in [4.69, 9.17) is 9.47 Å². The molecule has 1 unspecified atom stereocenters. The molecule has 2 aliphatic rings. The highest BCUT2D eigenvalue weighted by atomic mass is 16.7. The molecule has 106 valence electrons. The van der Waals surface area contributed by atoms with Crippen LogP contribution in [0.15, 0.2) is 25.3 Å². The number of carbonyl (C=O) groups excluding carboxylic acids is 1. The molecule has 1 amide bonds. The lowest BCUT2D eigenvalue weighted by atomic mass is 9.79. The molecule has 1 aliphatic heterocycles. The Bertz CT molecular complexity index is 337. The van der Waals surface area contributed by atoms with Crippen LogP contribution in [0.4, 0.5) is 0 Å². The molecule has 1 atom stereocenters. The van der Waals surface area contributed by atoms with Gasteiger partial charge in [0.05, 0.1) is 13.2 Å². The van der Waals surface area contributed by atoms with E-state index in [2.05, 4.69) is 18.5 Å². The predicted octanol–water partition coefficient (Wildman–Crippen LogP) is 2.17. The summed E-state index contributed by atoms with van der Waals surface area (Å²) >= 11 is 0. The van der Waals surface area contributed by atoms with Gasteiger partial charge in [0.2, 0.25) is 5.91 Å². The Morgan fingerprint density at radius 2 is 1.95 bits per heavy atom. The summed E-state index contributed by atoms with van der Waals surface area (Å²) in [6, 6.07) is 0.141. The maximum absolute atomic E-state index is 11.5. The van der Waals surface area contributed by atoms with E-state index >= 15 is 0 Å². The van der Waals surface area contributed by atoms with E-state index in [1.54, 1.807) is 0 Å². The van der Waals surface area contributed by atoms with Crippen molar-refractivity contribution in [2.24, 2.45) is 5.92 Å². The highest BCUT2D eigenvalue weighted by Gasteiger charge is 2.41. The highest BCUT2D eigenvalue weighted by Crippen LogP contribution is 2.39.